The number of carboxylic acids is 1. The van der Waals surface area contributed by atoms with Crippen molar-refractivity contribution in [3.8, 4) is 0 Å². The lowest BCUT2D eigenvalue weighted by atomic mass is 10.1. The molecule has 0 aliphatic heterocycles. The Morgan fingerprint density at radius 3 is 2.50 bits per heavy atom. The first-order valence-corrected chi connectivity index (χ1v) is 3.17. The maximum Gasteiger partial charge on any atom is 0.327 e. The molecule has 0 heterocycles. The molecule has 4 heteroatoms. The summed E-state index contributed by atoms with van der Waals surface area (Å²) in [6.45, 7) is 1.59. The molecule has 3 nitrogen and oxygen atoms in total. The Labute approximate surface area is 58.0 Å². The average molecular weight is 147 g/mol. The van der Waals surface area contributed by atoms with Crippen LogP contribution in [0, 0.1) is 0 Å². The van der Waals surface area contributed by atoms with E-state index in [1.807, 2.05) is 0 Å². The van der Waals surface area contributed by atoms with E-state index in [4.69, 9.17) is 10.8 Å². The van der Waals surface area contributed by atoms with Crippen LogP contribution in [0.3, 0.4) is 0 Å². The van der Waals surface area contributed by atoms with E-state index < -0.39 is 17.2 Å². The molecule has 3 N–H and O–H groups in total. The zero-order valence-electron chi connectivity index (χ0n) is 5.72. The van der Waals surface area contributed by atoms with Gasteiger partial charge in [0.2, 0.25) is 0 Å². The number of nitrogens with two attached hydrogens (primary N) is 1. The van der Waals surface area contributed by atoms with Gasteiger partial charge in [-0.2, -0.15) is 0 Å². The third kappa shape index (κ3) is 0.653. The van der Waals surface area contributed by atoms with E-state index >= 15 is 0 Å². The standard InChI is InChI=1S/C6H10FNO2/c1-2-5(7)3-6(5,8)4(9)10/h2-3,8H2,1H3,(H,9,10)/t5-,6+/m0/s1. The van der Waals surface area contributed by atoms with E-state index in [0.717, 1.165) is 0 Å². The predicted molar refractivity (Wildman–Crippen MR) is 33.3 cm³/mol. The molecule has 0 aromatic heterocycles. The van der Waals surface area contributed by atoms with Crippen molar-refractivity contribution in [1.82, 2.24) is 0 Å². The predicted octanol–water partition coefficient (Wildman–Crippen LogP) is 0.291. The lowest BCUT2D eigenvalue weighted by molar-refractivity contribution is -0.140. The number of hydrogen-bond donors (Lipinski definition) is 2. The fraction of sp³-hybridized carbons (Fsp3) is 0.833. The molecule has 0 amide bonds. The van der Waals surface area contributed by atoms with E-state index in [9.17, 15) is 9.18 Å². The van der Waals surface area contributed by atoms with Crippen LogP contribution < -0.4 is 5.73 Å². The van der Waals surface area contributed by atoms with Crippen molar-refractivity contribution in [3.05, 3.63) is 0 Å². The van der Waals surface area contributed by atoms with Crippen molar-refractivity contribution in [3.63, 3.8) is 0 Å². The van der Waals surface area contributed by atoms with Crippen molar-refractivity contribution < 1.29 is 14.3 Å². The molecule has 0 saturated heterocycles. The molecule has 0 unspecified atom stereocenters. The van der Waals surface area contributed by atoms with Crippen molar-refractivity contribution in [2.45, 2.75) is 31.0 Å². The topological polar surface area (TPSA) is 63.3 Å². The molecular weight excluding hydrogens is 137 g/mol. The molecule has 2 atom stereocenters. The summed E-state index contributed by atoms with van der Waals surface area (Å²) >= 11 is 0. The smallest absolute Gasteiger partial charge is 0.327 e. The number of aliphatic carboxylic acids is 1. The van der Waals surface area contributed by atoms with Crippen LogP contribution in [0.1, 0.15) is 19.8 Å². The van der Waals surface area contributed by atoms with E-state index in [0.29, 0.717) is 0 Å². The molecule has 0 aromatic carbocycles. The highest BCUT2D eigenvalue weighted by Gasteiger charge is 2.71. The molecule has 1 fully saturated rings. The Morgan fingerprint density at radius 1 is 1.90 bits per heavy atom. The number of carbonyl (C=O) groups is 1. The van der Waals surface area contributed by atoms with E-state index in [1.54, 1.807) is 6.92 Å². The van der Waals surface area contributed by atoms with Crippen LogP contribution >= 0.6 is 0 Å². The zero-order valence-corrected chi connectivity index (χ0v) is 5.72. The molecule has 1 rings (SSSR count). The van der Waals surface area contributed by atoms with Gasteiger partial charge in [-0.05, 0) is 6.42 Å². The summed E-state index contributed by atoms with van der Waals surface area (Å²) in [6.07, 6.45) is 0.127. The first kappa shape index (κ1) is 7.47. The van der Waals surface area contributed by atoms with Gasteiger partial charge in [-0.25, -0.2) is 4.39 Å². The van der Waals surface area contributed by atoms with Gasteiger partial charge in [0.1, 0.15) is 5.67 Å². The van der Waals surface area contributed by atoms with Crippen molar-refractivity contribution in [1.29, 1.82) is 0 Å². The van der Waals surface area contributed by atoms with Gasteiger partial charge in [-0.3, -0.25) is 4.79 Å². The molecular formula is C6H10FNO2. The fourth-order valence-electron chi connectivity index (χ4n) is 1.11. The molecule has 1 aliphatic carbocycles. The molecule has 58 valence electrons. The monoisotopic (exact) mass is 147 g/mol. The van der Waals surface area contributed by atoms with E-state index in [1.165, 1.54) is 0 Å². The summed E-state index contributed by atoms with van der Waals surface area (Å²) in [5.41, 5.74) is 1.95. The third-order valence-electron chi connectivity index (χ3n) is 2.18. The molecule has 0 spiro atoms. The first-order chi connectivity index (χ1) is 4.46. The lowest BCUT2D eigenvalue weighted by Crippen LogP contribution is -2.40. The molecule has 0 radical (unpaired) electrons. The van der Waals surface area contributed by atoms with Crippen LogP contribution in [-0.2, 0) is 4.79 Å². The van der Waals surface area contributed by atoms with Gasteiger partial charge in [0.15, 0.2) is 5.54 Å². The molecule has 0 aromatic rings. The normalized spacial score (nSPS) is 45.1. The van der Waals surface area contributed by atoms with Crippen LogP contribution in [0.25, 0.3) is 0 Å². The van der Waals surface area contributed by atoms with Crippen LogP contribution in [0.4, 0.5) is 4.39 Å². The Bertz CT molecular complexity index is 185. The highest BCUT2D eigenvalue weighted by Crippen LogP contribution is 2.51. The minimum atomic E-state index is -1.65. The zero-order chi connectivity index (χ0) is 7.99. The third-order valence-corrected chi connectivity index (χ3v) is 2.18. The highest BCUT2D eigenvalue weighted by atomic mass is 19.1. The van der Waals surface area contributed by atoms with Gasteiger partial charge in [0.05, 0.1) is 0 Å². The Hall–Kier alpha value is -0.640. The van der Waals surface area contributed by atoms with E-state index in [-0.39, 0.29) is 12.8 Å². The minimum Gasteiger partial charge on any atom is -0.480 e. The summed E-state index contributed by atoms with van der Waals surface area (Å²) in [5, 5.41) is 8.41. The second-order valence-electron chi connectivity index (χ2n) is 2.77. The summed E-state index contributed by atoms with van der Waals surface area (Å²) < 4.78 is 13.0. The Kier molecular flexibility index (Phi) is 1.26. The van der Waals surface area contributed by atoms with Crippen LogP contribution in [0.2, 0.25) is 0 Å². The summed E-state index contributed by atoms with van der Waals surface area (Å²) in [6, 6.07) is 0. The minimum absolute atomic E-state index is 0.0498. The van der Waals surface area contributed by atoms with Gasteiger partial charge >= 0.3 is 5.97 Å². The summed E-state index contributed by atoms with van der Waals surface area (Å²) in [5.74, 6) is -1.24. The van der Waals surface area contributed by atoms with Gasteiger partial charge < -0.3 is 10.8 Å². The van der Waals surface area contributed by atoms with Gasteiger partial charge in [-0.1, -0.05) is 6.92 Å². The second-order valence-corrected chi connectivity index (χ2v) is 2.77. The number of halogens is 1. The SMILES string of the molecule is CC[C@]1(F)C[C@@]1(N)C(=O)O. The fourth-order valence-corrected chi connectivity index (χ4v) is 1.11. The molecule has 0 bridgehead atoms. The Balaban J connectivity index is 2.72. The highest BCUT2D eigenvalue weighted by molar-refractivity contribution is 5.85. The largest absolute Gasteiger partial charge is 0.480 e. The molecule has 10 heavy (non-hydrogen) atoms. The summed E-state index contributed by atoms with van der Waals surface area (Å²) in [7, 11) is 0. The quantitative estimate of drug-likeness (QED) is 0.590. The number of alkyl halides is 1. The lowest BCUT2D eigenvalue weighted by Gasteiger charge is -2.07. The average Bonchev–Trinajstić information content (AvgIpc) is 2.39. The first-order valence-electron chi connectivity index (χ1n) is 3.17. The maximum absolute atomic E-state index is 13.0. The second kappa shape index (κ2) is 1.69. The van der Waals surface area contributed by atoms with Crippen LogP contribution in [0.5, 0.6) is 0 Å². The summed E-state index contributed by atoms with van der Waals surface area (Å²) in [4.78, 5) is 10.3. The maximum atomic E-state index is 13.0. The van der Waals surface area contributed by atoms with Crippen molar-refractivity contribution in [2.75, 3.05) is 0 Å². The van der Waals surface area contributed by atoms with Crippen molar-refractivity contribution >= 4 is 5.97 Å². The number of carboxylic acid groups (broad SMARTS) is 1. The van der Waals surface area contributed by atoms with Gasteiger partial charge in [0, 0.05) is 6.42 Å². The molecule has 1 saturated carbocycles. The number of rotatable bonds is 2. The van der Waals surface area contributed by atoms with Gasteiger partial charge in [0.25, 0.3) is 0 Å². The Morgan fingerprint density at radius 2 is 2.40 bits per heavy atom. The van der Waals surface area contributed by atoms with E-state index in [2.05, 4.69) is 0 Å². The van der Waals surface area contributed by atoms with Crippen LogP contribution in [-0.4, -0.2) is 22.3 Å². The van der Waals surface area contributed by atoms with Crippen LogP contribution in [0.15, 0.2) is 0 Å². The van der Waals surface area contributed by atoms with Crippen molar-refractivity contribution in [2.24, 2.45) is 5.73 Å². The van der Waals surface area contributed by atoms with Gasteiger partial charge in [-0.15, -0.1) is 0 Å². The molecule has 1 aliphatic rings. The number of hydrogen-bond acceptors (Lipinski definition) is 2.